The third-order valence-corrected chi connectivity index (χ3v) is 3.64. The highest BCUT2D eigenvalue weighted by molar-refractivity contribution is 8.23. The van der Waals surface area contributed by atoms with Gasteiger partial charge in [-0.25, -0.2) is 0 Å². The number of nitrogens with zero attached hydrogens (tertiary/aromatic N) is 2. The summed E-state index contributed by atoms with van der Waals surface area (Å²) in [5.74, 6) is 0.325. The highest BCUT2D eigenvalue weighted by Crippen LogP contribution is 2.19. The van der Waals surface area contributed by atoms with Crippen molar-refractivity contribution >= 4 is 46.5 Å². The maximum atomic E-state index is 11.4. The van der Waals surface area contributed by atoms with Crippen LogP contribution in [0.25, 0.3) is 6.08 Å². The molecular weight excluding hydrogens is 264 g/mol. The van der Waals surface area contributed by atoms with Crippen LogP contribution in [-0.4, -0.2) is 27.2 Å². The quantitative estimate of drug-likeness (QED) is 0.628. The molecule has 0 aliphatic carbocycles. The third-order valence-electron chi connectivity index (χ3n) is 2.30. The zero-order valence-electron chi connectivity index (χ0n) is 9.87. The highest BCUT2D eigenvalue weighted by Gasteiger charge is 2.25. The van der Waals surface area contributed by atoms with E-state index in [1.54, 1.807) is 6.21 Å². The Morgan fingerprint density at radius 3 is 2.78 bits per heavy atom. The van der Waals surface area contributed by atoms with Crippen molar-refractivity contribution in [1.29, 1.82) is 0 Å². The maximum absolute atomic E-state index is 11.4. The largest absolute Gasteiger partial charge is 0.272 e. The van der Waals surface area contributed by atoms with Crippen LogP contribution < -0.4 is 0 Å². The molecule has 18 heavy (non-hydrogen) atoms. The van der Waals surface area contributed by atoms with Crippen LogP contribution in [0.15, 0.2) is 41.0 Å². The zero-order valence-corrected chi connectivity index (χ0v) is 11.5. The summed E-state index contributed by atoms with van der Waals surface area (Å²) in [5.41, 5.74) is 2.07. The Bertz CT molecular complexity index is 507. The van der Waals surface area contributed by atoms with Crippen LogP contribution in [0.1, 0.15) is 12.5 Å². The van der Waals surface area contributed by atoms with E-state index in [2.05, 4.69) is 5.10 Å². The fraction of sp³-hybridized carbons (Fsp3) is 0.154. The van der Waals surface area contributed by atoms with E-state index >= 15 is 0 Å². The van der Waals surface area contributed by atoms with Gasteiger partial charge >= 0.3 is 0 Å². The van der Waals surface area contributed by atoms with Crippen molar-refractivity contribution in [2.75, 3.05) is 5.75 Å². The SMILES string of the molecule is CC(/C=N\N1C(=O)CSC1=S)=C\c1ccccc1. The van der Waals surface area contributed by atoms with Crippen LogP contribution in [0, 0.1) is 0 Å². The van der Waals surface area contributed by atoms with Crippen LogP contribution in [0.4, 0.5) is 0 Å². The van der Waals surface area contributed by atoms with Gasteiger partial charge in [0.2, 0.25) is 0 Å². The number of hydrogen-bond acceptors (Lipinski definition) is 4. The van der Waals surface area contributed by atoms with E-state index in [1.807, 2.05) is 43.3 Å². The summed E-state index contributed by atoms with van der Waals surface area (Å²) in [6, 6.07) is 9.95. The van der Waals surface area contributed by atoms with Gasteiger partial charge in [-0.15, -0.1) is 0 Å². The summed E-state index contributed by atoms with van der Waals surface area (Å²) in [5, 5.41) is 5.39. The first-order valence-electron chi connectivity index (χ1n) is 5.44. The molecule has 1 aromatic rings. The van der Waals surface area contributed by atoms with Crippen molar-refractivity contribution < 1.29 is 4.79 Å². The van der Waals surface area contributed by atoms with Crippen LogP contribution in [0.5, 0.6) is 0 Å². The molecule has 1 aliphatic rings. The molecule has 1 fully saturated rings. The van der Waals surface area contributed by atoms with Crippen molar-refractivity contribution in [2.24, 2.45) is 5.10 Å². The van der Waals surface area contributed by atoms with E-state index in [0.717, 1.165) is 11.1 Å². The first-order chi connectivity index (χ1) is 8.66. The zero-order chi connectivity index (χ0) is 13.0. The highest BCUT2D eigenvalue weighted by atomic mass is 32.2. The summed E-state index contributed by atoms with van der Waals surface area (Å²) in [7, 11) is 0. The number of hydrogen-bond donors (Lipinski definition) is 0. The molecule has 0 spiro atoms. The van der Waals surface area contributed by atoms with E-state index in [9.17, 15) is 4.79 Å². The van der Waals surface area contributed by atoms with Gasteiger partial charge in [0.1, 0.15) is 0 Å². The average molecular weight is 276 g/mol. The molecule has 0 saturated carbocycles. The van der Waals surface area contributed by atoms with Gasteiger partial charge in [-0.3, -0.25) is 4.79 Å². The fourth-order valence-corrected chi connectivity index (χ4v) is 2.42. The predicted molar refractivity (Wildman–Crippen MR) is 80.5 cm³/mol. The summed E-state index contributed by atoms with van der Waals surface area (Å²) in [4.78, 5) is 11.4. The monoisotopic (exact) mass is 276 g/mol. The first-order valence-corrected chi connectivity index (χ1v) is 6.83. The van der Waals surface area contributed by atoms with Crippen LogP contribution in [-0.2, 0) is 4.79 Å². The van der Waals surface area contributed by atoms with Crippen molar-refractivity contribution in [1.82, 2.24) is 5.01 Å². The van der Waals surface area contributed by atoms with Gasteiger partial charge in [-0.05, 0) is 18.1 Å². The Morgan fingerprint density at radius 2 is 2.17 bits per heavy atom. The lowest BCUT2D eigenvalue weighted by atomic mass is 10.1. The molecule has 1 aromatic carbocycles. The second-order valence-corrected chi connectivity index (χ2v) is 5.41. The topological polar surface area (TPSA) is 32.7 Å². The maximum Gasteiger partial charge on any atom is 0.259 e. The number of carbonyl (C=O) groups is 1. The summed E-state index contributed by atoms with van der Waals surface area (Å²) in [6.45, 7) is 1.94. The Hall–Kier alpha value is -1.46. The molecule has 1 aliphatic heterocycles. The van der Waals surface area contributed by atoms with Gasteiger partial charge in [0.25, 0.3) is 5.91 Å². The van der Waals surface area contributed by atoms with E-state index in [4.69, 9.17) is 12.2 Å². The Labute approximate surface area is 116 Å². The first kappa shape index (κ1) is 13.0. The Morgan fingerprint density at radius 1 is 1.44 bits per heavy atom. The van der Waals surface area contributed by atoms with Gasteiger partial charge < -0.3 is 0 Å². The normalized spacial score (nSPS) is 16.9. The third kappa shape index (κ3) is 3.27. The van der Waals surface area contributed by atoms with Gasteiger partial charge in [0.15, 0.2) is 4.32 Å². The number of hydrazone groups is 1. The molecule has 0 bridgehead atoms. The molecule has 0 unspecified atom stereocenters. The predicted octanol–water partition coefficient (Wildman–Crippen LogP) is 2.94. The molecule has 1 heterocycles. The molecular formula is C13H12N2OS2. The average Bonchev–Trinajstić information content (AvgIpc) is 2.68. The molecule has 1 amide bonds. The molecule has 0 atom stereocenters. The van der Waals surface area contributed by atoms with Crippen molar-refractivity contribution in [3.05, 3.63) is 41.5 Å². The molecule has 0 aromatic heterocycles. The minimum Gasteiger partial charge on any atom is -0.272 e. The van der Waals surface area contributed by atoms with E-state index < -0.39 is 0 Å². The standard InChI is InChI=1S/C13H12N2OS2/c1-10(7-11-5-3-2-4-6-11)8-14-15-12(16)9-18-13(15)17/h2-8H,9H2,1H3/b10-7+,14-8-. The Kier molecular flexibility index (Phi) is 4.28. The number of amides is 1. The van der Waals surface area contributed by atoms with Crippen LogP contribution in [0.2, 0.25) is 0 Å². The number of benzene rings is 1. The van der Waals surface area contributed by atoms with E-state index in [1.165, 1.54) is 16.8 Å². The molecule has 2 rings (SSSR count). The summed E-state index contributed by atoms with van der Waals surface area (Å²) in [6.07, 6.45) is 3.66. The minimum atomic E-state index is -0.0613. The number of rotatable bonds is 3. The number of thioether (sulfide) groups is 1. The lowest BCUT2D eigenvalue weighted by Crippen LogP contribution is -2.22. The van der Waals surface area contributed by atoms with Gasteiger partial charge in [-0.1, -0.05) is 60.4 Å². The molecule has 92 valence electrons. The van der Waals surface area contributed by atoms with Crippen LogP contribution in [0.3, 0.4) is 0 Å². The molecule has 5 heteroatoms. The van der Waals surface area contributed by atoms with Crippen molar-refractivity contribution in [3.8, 4) is 0 Å². The van der Waals surface area contributed by atoms with Crippen molar-refractivity contribution in [3.63, 3.8) is 0 Å². The van der Waals surface area contributed by atoms with Gasteiger partial charge in [0.05, 0.1) is 12.0 Å². The lowest BCUT2D eigenvalue weighted by molar-refractivity contribution is -0.123. The van der Waals surface area contributed by atoms with Crippen LogP contribution >= 0.6 is 24.0 Å². The molecule has 1 saturated heterocycles. The van der Waals surface area contributed by atoms with Gasteiger partial charge in [-0.2, -0.15) is 10.1 Å². The Balaban J connectivity index is 2.07. The second-order valence-electron chi connectivity index (χ2n) is 3.80. The van der Waals surface area contributed by atoms with E-state index in [0.29, 0.717) is 10.1 Å². The number of carbonyl (C=O) groups excluding carboxylic acids is 1. The second kappa shape index (κ2) is 5.93. The summed E-state index contributed by atoms with van der Waals surface area (Å²) < 4.78 is 0.517. The fourth-order valence-electron chi connectivity index (χ4n) is 1.46. The molecule has 0 radical (unpaired) electrons. The minimum absolute atomic E-state index is 0.0613. The number of thiocarbonyl (C=S) groups is 1. The lowest BCUT2D eigenvalue weighted by Gasteiger charge is -2.06. The van der Waals surface area contributed by atoms with Crippen molar-refractivity contribution in [2.45, 2.75) is 6.92 Å². The van der Waals surface area contributed by atoms with E-state index in [-0.39, 0.29) is 5.91 Å². The molecule has 0 N–H and O–H groups in total. The number of allylic oxidation sites excluding steroid dienone is 1. The smallest absolute Gasteiger partial charge is 0.259 e. The molecule has 3 nitrogen and oxygen atoms in total. The summed E-state index contributed by atoms with van der Waals surface area (Å²) >= 11 is 6.38. The van der Waals surface area contributed by atoms with Gasteiger partial charge in [0, 0.05) is 0 Å².